The molecule has 24 heavy (non-hydrogen) atoms. The van der Waals surface area contributed by atoms with Crippen LogP contribution in [0, 0.1) is 6.92 Å². The number of rotatable bonds is 3. The quantitative estimate of drug-likeness (QED) is 0.329. The highest BCUT2D eigenvalue weighted by Gasteiger charge is 2.19. The van der Waals surface area contributed by atoms with Crippen molar-refractivity contribution < 1.29 is 18.1 Å². The van der Waals surface area contributed by atoms with Crippen LogP contribution >= 0.6 is 0 Å². The minimum atomic E-state index is -4.53. The van der Waals surface area contributed by atoms with Gasteiger partial charge in [0.25, 0.3) is 10.1 Å². The summed E-state index contributed by atoms with van der Waals surface area (Å²) >= 11 is 0. The molecule has 0 spiro atoms. The van der Waals surface area contributed by atoms with Gasteiger partial charge in [-0.15, -0.1) is 0 Å². The minimum Gasteiger partial charge on any atom is -0.505 e. The van der Waals surface area contributed by atoms with E-state index in [9.17, 15) is 18.1 Å². The van der Waals surface area contributed by atoms with Gasteiger partial charge < -0.3 is 16.2 Å². The molecule has 0 fully saturated rings. The number of nitrogens with two attached hydrogens (primary N) is 1. The van der Waals surface area contributed by atoms with Crippen LogP contribution in [0.3, 0.4) is 0 Å². The first kappa shape index (κ1) is 16.1. The number of nitrogen functional groups attached to an aromatic ring is 1. The summed E-state index contributed by atoms with van der Waals surface area (Å²) in [4.78, 5) is -0.514. The zero-order chi connectivity index (χ0) is 17.5. The number of phenols is 1. The summed E-state index contributed by atoms with van der Waals surface area (Å²) in [7, 11) is -4.53. The summed E-state index contributed by atoms with van der Waals surface area (Å²) in [6.07, 6.45) is 0. The fourth-order valence-corrected chi connectivity index (χ4v) is 3.12. The first-order valence-electron chi connectivity index (χ1n) is 7.12. The van der Waals surface area contributed by atoms with Gasteiger partial charge in [-0.2, -0.15) is 8.42 Å². The lowest BCUT2D eigenvalue weighted by atomic mass is 10.1. The normalized spacial score (nSPS) is 11.6. The van der Waals surface area contributed by atoms with Crippen molar-refractivity contribution >= 4 is 38.0 Å². The van der Waals surface area contributed by atoms with E-state index in [0.29, 0.717) is 16.5 Å². The zero-order valence-corrected chi connectivity index (χ0v) is 13.6. The molecule has 5 N–H and O–H groups in total. The van der Waals surface area contributed by atoms with Crippen molar-refractivity contribution in [3.63, 3.8) is 0 Å². The summed E-state index contributed by atoms with van der Waals surface area (Å²) in [5, 5.41) is 14.1. The molecule has 6 nitrogen and oxygen atoms in total. The maximum Gasteiger partial charge on any atom is 0.296 e. The minimum absolute atomic E-state index is 0.371. The second-order valence-corrected chi connectivity index (χ2v) is 6.93. The van der Waals surface area contributed by atoms with Crippen LogP contribution in [-0.4, -0.2) is 18.1 Å². The highest BCUT2D eigenvalue weighted by Crippen LogP contribution is 2.37. The lowest BCUT2D eigenvalue weighted by molar-refractivity contribution is 0.473. The molecule has 3 aromatic carbocycles. The molecule has 0 amide bonds. The molecule has 0 radical (unpaired) electrons. The molecule has 0 saturated carbocycles. The van der Waals surface area contributed by atoms with Crippen molar-refractivity contribution in [3.8, 4) is 5.75 Å². The van der Waals surface area contributed by atoms with E-state index in [4.69, 9.17) is 5.73 Å². The Balaban J connectivity index is 2.10. The molecule has 0 atom stereocenters. The number of aryl methyl sites for hydroxylation is 1. The molecule has 0 heterocycles. The van der Waals surface area contributed by atoms with E-state index in [2.05, 4.69) is 5.32 Å². The van der Waals surface area contributed by atoms with Gasteiger partial charge >= 0.3 is 0 Å². The highest BCUT2D eigenvalue weighted by atomic mass is 32.2. The Morgan fingerprint density at radius 3 is 2.25 bits per heavy atom. The van der Waals surface area contributed by atoms with Crippen LogP contribution in [0.5, 0.6) is 5.75 Å². The molecule has 3 aromatic rings. The number of hydrogen-bond acceptors (Lipinski definition) is 5. The van der Waals surface area contributed by atoms with Gasteiger partial charge in [0.15, 0.2) is 0 Å². The molecule has 0 unspecified atom stereocenters. The van der Waals surface area contributed by atoms with E-state index in [1.807, 2.05) is 31.2 Å². The van der Waals surface area contributed by atoms with Crippen molar-refractivity contribution in [1.29, 1.82) is 0 Å². The third kappa shape index (κ3) is 2.99. The van der Waals surface area contributed by atoms with Gasteiger partial charge in [0.2, 0.25) is 0 Å². The van der Waals surface area contributed by atoms with Crippen LogP contribution in [-0.2, 0) is 10.1 Å². The van der Waals surface area contributed by atoms with E-state index in [-0.39, 0.29) is 11.4 Å². The van der Waals surface area contributed by atoms with Crippen LogP contribution in [0.4, 0.5) is 17.1 Å². The van der Waals surface area contributed by atoms with Crippen molar-refractivity contribution in [2.75, 3.05) is 11.1 Å². The third-order valence-corrected chi connectivity index (χ3v) is 4.63. The van der Waals surface area contributed by atoms with Gasteiger partial charge in [-0.25, -0.2) is 0 Å². The summed E-state index contributed by atoms with van der Waals surface area (Å²) in [5.74, 6) is -0.373. The Kier molecular flexibility index (Phi) is 3.82. The molecule has 0 saturated heterocycles. The largest absolute Gasteiger partial charge is 0.505 e. The van der Waals surface area contributed by atoms with Crippen LogP contribution < -0.4 is 11.1 Å². The number of benzene rings is 3. The second kappa shape index (κ2) is 5.70. The zero-order valence-electron chi connectivity index (χ0n) is 12.8. The lowest BCUT2D eigenvalue weighted by Gasteiger charge is -2.12. The maximum absolute atomic E-state index is 11.4. The number of hydrogen-bond donors (Lipinski definition) is 4. The molecule has 3 rings (SSSR count). The monoisotopic (exact) mass is 344 g/mol. The van der Waals surface area contributed by atoms with E-state index in [0.717, 1.165) is 11.3 Å². The molecule has 0 aromatic heterocycles. The van der Waals surface area contributed by atoms with Gasteiger partial charge in [0.05, 0.1) is 5.69 Å². The van der Waals surface area contributed by atoms with E-state index >= 15 is 0 Å². The number of fused-ring (bicyclic) bond motifs is 1. The van der Waals surface area contributed by atoms with Crippen LogP contribution in [0.2, 0.25) is 0 Å². The average Bonchev–Trinajstić information content (AvgIpc) is 2.52. The molecule has 0 aliphatic rings. The molecule has 124 valence electrons. The molecule has 7 heteroatoms. The van der Waals surface area contributed by atoms with Crippen LogP contribution in [0.25, 0.3) is 10.8 Å². The molecule has 0 bridgehead atoms. The Morgan fingerprint density at radius 2 is 1.62 bits per heavy atom. The standard InChI is InChI=1S/C17H16N2O4S/c1-10-2-4-12(5-3-10)19-13-6-7-14-11(8-13)9-15(24(21,22)23)16(18)17(14)20/h2-9,19-20H,18H2,1H3,(H,21,22,23). The van der Waals surface area contributed by atoms with Crippen molar-refractivity contribution in [2.45, 2.75) is 11.8 Å². The van der Waals surface area contributed by atoms with Gasteiger partial charge in [-0.3, -0.25) is 4.55 Å². The SMILES string of the molecule is Cc1ccc(Nc2ccc3c(O)c(N)c(S(=O)(=O)O)cc3c2)cc1. The Bertz CT molecular complexity index is 1030. The fraction of sp³-hybridized carbons (Fsp3) is 0.0588. The van der Waals surface area contributed by atoms with Crippen molar-refractivity contribution in [3.05, 3.63) is 54.1 Å². The molecule has 0 aliphatic heterocycles. The van der Waals surface area contributed by atoms with E-state index in [1.54, 1.807) is 18.2 Å². The predicted octanol–water partition coefficient (Wildman–Crippen LogP) is 3.43. The summed E-state index contributed by atoms with van der Waals surface area (Å²) in [5.41, 5.74) is 7.95. The first-order chi connectivity index (χ1) is 11.3. The van der Waals surface area contributed by atoms with Gasteiger partial charge in [-0.1, -0.05) is 17.7 Å². The Labute approximate surface area is 139 Å². The molecular formula is C17H16N2O4S. The third-order valence-electron chi connectivity index (χ3n) is 3.73. The summed E-state index contributed by atoms with van der Waals surface area (Å²) < 4.78 is 32.1. The van der Waals surface area contributed by atoms with E-state index in [1.165, 1.54) is 6.07 Å². The summed E-state index contributed by atoms with van der Waals surface area (Å²) in [6.45, 7) is 1.99. The van der Waals surface area contributed by atoms with Crippen LogP contribution in [0.15, 0.2) is 53.4 Å². The maximum atomic E-state index is 11.4. The first-order valence-corrected chi connectivity index (χ1v) is 8.56. The average molecular weight is 344 g/mol. The predicted molar refractivity (Wildman–Crippen MR) is 94.3 cm³/mol. The number of phenolic OH excluding ortho intramolecular Hbond substituents is 1. The van der Waals surface area contributed by atoms with Crippen molar-refractivity contribution in [2.24, 2.45) is 0 Å². The topological polar surface area (TPSA) is 113 Å². The number of aromatic hydroxyl groups is 1. The van der Waals surface area contributed by atoms with Crippen LogP contribution in [0.1, 0.15) is 5.56 Å². The second-order valence-electron chi connectivity index (χ2n) is 5.54. The smallest absolute Gasteiger partial charge is 0.296 e. The highest BCUT2D eigenvalue weighted by molar-refractivity contribution is 7.86. The summed E-state index contributed by atoms with van der Waals surface area (Å²) in [6, 6.07) is 14.1. The van der Waals surface area contributed by atoms with Crippen molar-refractivity contribution in [1.82, 2.24) is 0 Å². The number of nitrogens with one attached hydrogen (secondary N) is 1. The van der Waals surface area contributed by atoms with Gasteiger partial charge in [0.1, 0.15) is 10.6 Å². The van der Waals surface area contributed by atoms with E-state index < -0.39 is 15.0 Å². The van der Waals surface area contributed by atoms with Gasteiger partial charge in [0, 0.05) is 16.8 Å². The number of anilines is 3. The van der Waals surface area contributed by atoms with Gasteiger partial charge in [-0.05, 0) is 48.7 Å². The lowest BCUT2D eigenvalue weighted by Crippen LogP contribution is -2.03. The Hall–Kier alpha value is -2.77. The molecular weight excluding hydrogens is 328 g/mol. The Morgan fingerprint density at radius 1 is 1.00 bits per heavy atom. The fourth-order valence-electron chi connectivity index (χ4n) is 2.47. The molecule has 0 aliphatic carbocycles.